The predicted octanol–water partition coefficient (Wildman–Crippen LogP) is 3.51. The van der Waals surface area contributed by atoms with Crippen LogP contribution in [-0.2, 0) is 0 Å². The number of ether oxygens (including phenoxy) is 1. The van der Waals surface area contributed by atoms with Crippen molar-refractivity contribution in [2.45, 2.75) is 19.2 Å². The number of rotatable bonds is 5. The molecule has 1 unspecified atom stereocenters. The molecule has 2 aromatic rings. The summed E-state index contributed by atoms with van der Waals surface area (Å²) in [6.45, 7) is 4.36. The predicted molar refractivity (Wildman–Crippen MR) is 69.5 cm³/mol. The molecule has 0 radical (unpaired) electrons. The molecule has 6 heteroatoms. The summed E-state index contributed by atoms with van der Waals surface area (Å²) in [6.07, 6.45) is 0. The highest BCUT2D eigenvalue weighted by Crippen LogP contribution is 2.22. The van der Waals surface area contributed by atoms with Crippen LogP contribution in [0.25, 0.3) is 0 Å². The average molecular weight is 268 g/mol. The van der Waals surface area contributed by atoms with Crippen LogP contribution in [0.1, 0.15) is 25.1 Å². The summed E-state index contributed by atoms with van der Waals surface area (Å²) in [7, 11) is 0. The van der Waals surface area contributed by atoms with Crippen LogP contribution in [0, 0.1) is 0 Å². The zero-order valence-corrected chi connectivity index (χ0v) is 10.9. The summed E-state index contributed by atoms with van der Waals surface area (Å²) < 4.78 is 10.7. The van der Waals surface area contributed by atoms with Gasteiger partial charge in [0.15, 0.2) is 0 Å². The Morgan fingerprint density at radius 1 is 1.33 bits per heavy atom. The molecule has 0 amide bonds. The molecule has 1 N–H and O–H groups in total. The van der Waals surface area contributed by atoms with E-state index in [9.17, 15) is 0 Å². The first kappa shape index (κ1) is 12.7. The van der Waals surface area contributed by atoms with Crippen molar-refractivity contribution in [3.63, 3.8) is 0 Å². The van der Waals surface area contributed by atoms with E-state index in [1.54, 1.807) is 6.92 Å². The number of halogens is 1. The van der Waals surface area contributed by atoms with Crippen molar-refractivity contribution in [3.05, 3.63) is 30.2 Å². The Bertz CT molecular complexity index is 496. The average Bonchev–Trinajstić information content (AvgIpc) is 2.81. The highest BCUT2D eigenvalue weighted by Gasteiger charge is 2.10. The third-order valence-electron chi connectivity index (χ3n) is 2.20. The molecule has 0 bridgehead atoms. The molecule has 0 spiro atoms. The third kappa shape index (κ3) is 3.13. The zero-order chi connectivity index (χ0) is 13.0. The maximum atomic E-state index is 5.83. The first-order valence-corrected chi connectivity index (χ1v) is 6.10. The van der Waals surface area contributed by atoms with Gasteiger partial charge in [-0.2, -0.15) is 0 Å². The quantitative estimate of drug-likeness (QED) is 0.840. The summed E-state index contributed by atoms with van der Waals surface area (Å²) >= 11 is 5.83. The Morgan fingerprint density at radius 3 is 2.61 bits per heavy atom. The van der Waals surface area contributed by atoms with E-state index in [0.717, 1.165) is 11.4 Å². The maximum absolute atomic E-state index is 5.83. The lowest BCUT2D eigenvalue weighted by Gasteiger charge is -2.04. The summed E-state index contributed by atoms with van der Waals surface area (Å²) in [5.41, 5.74) is 0.843. The van der Waals surface area contributed by atoms with E-state index < -0.39 is 0 Å². The second-order valence-electron chi connectivity index (χ2n) is 3.64. The lowest BCUT2D eigenvalue weighted by molar-refractivity contribution is 0.340. The number of hydrogen-bond donors (Lipinski definition) is 1. The van der Waals surface area contributed by atoms with Crippen LogP contribution in [0.5, 0.6) is 5.75 Å². The van der Waals surface area contributed by atoms with Crippen LogP contribution < -0.4 is 10.1 Å². The number of nitrogens with zero attached hydrogens (tertiary/aromatic N) is 2. The monoisotopic (exact) mass is 267 g/mol. The molecular weight excluding hydrogens is 254 g/mol. The molecule has 1 aromatic heterocycles. The van der Waals surface area contributed by atoms with E-state index in [2.05, 4.69) is 15.5 Å². The topological polar surface area (TPSA) is 60.2 Å². The van der Waals surface area contributed by atoms with Crippen molar-refractivity contribution in [2.24, 2.45) is 0 Å². The highest BCUT2D eigenvalue weighted by atomic mass is 35.5. The molecule has 0 saturated heterocycles. The van der Waals surface area contributed by atoms with Crippen molar-refractivity contribution in [1.29, 1.82) is 0 Å². The molecule has 18 heavy (non-hydrogen) atoms. The molecule has 0 aliphatic rings. The largest absolute Gasteiger partial charge is 0.494 e. The Balaban J connectivity index is 2.03. The van der Waals surface area contributed by atoms with Crippen molar-refractivity contribution in [3.8, 4) is 5.75 Å². The van der Waals surface area contributed by atoms with Gasteiger partial charge >= 0.3 is 6.01 Å². The number of alkyl halides is 1. The summed E-state index contributed by atoms with van der Waals surface area (Å²) in [5, 5.41) is 10.4. The molecule has 0 aliphatic carbocycles. The standard InChI is InChI=1S/C12H14ClN3O2/c1-3-17-10-6-4-9(5-7-10)14-12-16-15-11(18-12)8(2)13/h4-8H,3H2,1-2H3,(H,14,16). The molecule has 96 valence electrons. The van der Waals surface area contributed by atoms with Gasteiger partial charge in [-0.05, 0) is 38.1 Å². The summed E-state index contributed by atoms with van der Waals surface area (Å²) in [6, 6.07) is 7.81. The first-order valence-electron chi connectivity index (χ1n) is 5.66. The van der Waals surface area contributed by atoms with Crippen molar-refractivity contribution in [2.75, 3.05) is 11.9 Å². The van der Waals surface area contributed by atoms with E-state index in [1.807, 2.05) is 31.2 Å². The number of aromatic nitrogens is 2. The van der Waals surface area contributed by atoms with E-state index >= 15 is 0 Å². The minimum Gasteiger partial charge on any atom is -0.494 e. The van der Waals surface area contributed by atoms with Crippen LogP contribution in [0.4, 0.5) is 11.7 Å². The Hall–Kier alpha value is -1.75. The summed E-state index contributed by atoms with van der Waals surface area (Å²) in [5.74, 6) is 1.22. The van der Waals surface area contributed by atoms with Gasteiger partial charge in [-0.1, -0.05) is 5.10 Å². The van der Waals surface area contributed by atoms with E-state index in [4.69, 9.17) is 20.8 Å². The van der Waals surface area contributed by atoms with Gasteiger partial charge in [0.1, 0.15) is 11.1 Å². The van der Waals surface area contributed by atoms with Crippen LogP contribution in [0.2, 0.25) is 0 Å². The summed E-state index contributed by atoms with van der Waals surface area (Å²) in [4.78, 5) is 0. The van der Waals surface area contributed by atoms with Gasteiger partial charge in [-0.25, -0.2) is 0 Å². The minimum absolute atomic E-state index is 0.298. The third-order valence-corrected chi connectivity index (χ3v) is 2.38. The second kappa shape index (κ2) is 5.73. The molecular formula is C12H14ClN3O2. The number of hydrogen-bond acceptors (Lipinski definition) is 5. The molecule has 1 heterocycles. The SMILES string of the molecule is CCOc1ccc(Nc2nnc(C(C)Cl)o2)cc1. The van der Waals surface area contributed by atoms with Crippen LogP contribution in [0.15, 0.2) is 28.7 Å². The Morgan fingerprint density at radius 2 is 2.06 bits per heavy atom. The van der Waals surface area contributed by atoms with Gasteiger partial charge in [-0.15, -0.1) is 16.7 Å². The van der Waals surface area contributed by atoms with E-state index in [1.165, 1.54) is 0 Å². The molecule has 2 rings (SSSR count). The molecule has 0 aliphatic heterocycles. The molecule has 1 atom stereocenters. The highest BCUT2D eigenvalue weighted by molar-refractivity contribution is 6.20. The maximum Gasteiger partial charge on any atom is 0.320 e. The minimum atomic E-state index is -0.298. The zero-order valence-electron chi connectivity index (χ0n) is 10.2. The van der Waals surface area contributed by atoms with Gasteiger partial charge in [-0.3, -0.25) is 0 Å². The van der Waals surface area contributed by atoms with Crippen molar-refractivity contribution in [1.82, 2.24) is 10.2 Å². The lowest BCUT2D eigenvalue weighted by Crippen LogP contribution is -1.93. The van der Waals surface area contributed by atoms with Crippen LogP contribution >= 0.6 is 11.6 Å². The smallest absolute Gasteiger partial charge is 0.320 e. The number of nitrogens with one attached hydrogen (secondary N) is 1. The second-order valence-corrected chi connectivity index (χ2v) is 4.30. The number of benzene rings is 1. The number of anilines is 2. The van der Waals surface area contributed by atoms with E-state index in [0.29, 0.717) is 18.5 Å². The fourth-order valence-corrected chi connectivity index (χ4v) is 1.46. The fraction of sp³-hybridized carbons (Fsp3) is 0.333. The normalized spacial score (nSPS) is 12.2. The van der Waals surface area contributed by atoms with Gasteiger partial charge in [0.25, 0.3) is 0 Å². The Kier molecular flexibility index (Phi) is 4.04. The van der Waals surface area contributed by atoms with Gasteiger partial charge in [0.05, 0.1) is 6.61 Å². The fourth-order valence-electron chi connectivity index (χ4n) is 1.37. The van der Waals surface area contributed by atoms with E-state index in [-0.39, 0.29) is 5.38 Å². The van der Waals surface area contributed by atoms with Gasteiger partial charge in [0, 0.05) is 5.69 Å². The lowest BCUT2D eigenvalue weighted by atomic mass is 10.3. The van der Waals surface area contributed by atoms with Crippen LogP contribution in [-0.4, -0.2) is 16.8 Å². The first-order chi connectivity index (χ1) is 8.69. The van der Waals surface area contributed by atoms with Crippen molar-refractivity contribution < 1.29 is 9.15 Å². The molecule has 0 fully saturated rings. The Labute approximate surface area is 110 Å². The molecule has 0 saturated carbocycles. The molecule has 1 aromatic carbocycles. The van der Waals surface area contributed by atoms with Gasteiger partial charge in [0.2, 0.25) is 5.89 Å². The molecule has 5 nitrogen and oxygen atoms in total. The van der Waals surface area contributed by atoms with Crippen molar-refractivity contribution >= 4 is 23.3 Å². The van der Waals surface area contributed by atoms with Gasteiger partial charge < -0.3 is 14.5 Å². The van der Waals surface area contributed by atoms with Crippen LogP contribution in [0.3, 0.4) is 0 Å².